The highest BCUT2D eigenvalue weighted by atomic mass is 35.5. The molecule has 3 aromatic rings. The molecule has 0 bridgehead atoms. The number of rotatable bonds is 3. The first kappa shape index (κ1) is 22.8. The van der Waals surface area contributed by atoms with Crippen LogP contribution in [0.1, 0.15) is 21.7 Å². The number of nitrogens with zero attached hydrogens (tertiary/aromatic N) is 3. The normalized spacial score (nSPS) is 11.5. The number of carbonyl (C=O) groups excluding carboxylic acids is 1. The molecule has 1 heterocycles. The number of hydrogen-bond donors (Lipinski definition) is 0. The van der Waals surface area contributed by atoms with Crippen LogP contribution in [-0.4, -0.2) is 22.5 Å². The highest BCUT2D eigenvalue weighted by Crippen LogP contribution is 2.30. The van der Waals surface area contributed by atoms with Crippen molar-refractivity contribution < 1.29 is 22.4 Å². The van der Waals surface area contributed by atoms with Crippen molar-refractivity contribution in [3.63, 3.8) is 0 Å². The standard InChI is InChI=1S/C20H13Cl2F4N3O2/c1-10-8-16(20(24,25)26)27-19(31)29(10)15-9-11(6-7-12(15)21)18(30)28(2)14-5-3-4-13(23)17(14)22/h3-9H,1-2H3. The molecule has 1 amide bonds. The molecule has 0 N–H and O–H groups in total. The lowest BCUT2D eigenvalue weighted by Gasteiger charge is -2.20. The fraction of sp³-hybridized carbons (Fsp3) is 0.150. The zero-order valence-electron chi connectivity index (χ0n) is 16.0. The smallest absolute Gasteiger partial charge is 0.310 e. The molecule has 11 heteroatoms. The maximum Gasteiger partial charge on any atom is 0.433 e. The summed E-state index contributed by atoms with van der Waals surface area (Å²) in [6.07, 6.45) is -4.79. The molecule has 0 saturated carbocycles. The van der Waals surface area contributed by atoms with Gasteiger partial charge in [0.25, 0.3) is 5.91 Å². The van der Waals surface area contributed by atoms with Gasteiger partial charge >= 0.3 is 11.9 Å². The Balaban J connectivity index is 2.08. The lowest BCUT2D eigenvalue weighted by atomic mass is 10.1. The van der Waals surface area contributed by atoms with Crippen molar-refractivity contribution >= 4 is 34.8 Å². The monoisotopic (exact) mass is 473 g/mol. The van der Waals surface area contributed by atoms with E-state index in [9.17, 15) is 27.2 Å². The number of hydrogen-bond acceptors (Lipinski definition) is 3. The summed E-state index contributed by atoms with van der Waals surface area (Å²) in [5, 5.41) is -0.249. The van der Waals surface area contributed by atoms with Crippen molar-refractivity contribution in [2.24, 2.45) is 0 Å². The lowest BCUT2D eigenvalue weighted by Crippen LogP contribution is -2.29. The molecule has 162 valence electrons. The van der Waals surface area contributed by atoms with Crippen molar-refractivity contribution in [2.45, 2.75) is 13.1 Å². The van der Waals surface area contributed by atoms with Gasteiger partial charge in [0, 0.05) is 18.3 Å². The minimum atomic E-state index is -4.79. The quantitative estimate of drug-likeness (QED) is 0.486. The number of halogens is 6. The minimum absolute atomic E-state index is 0.00903. The van der Waals surface area contributed by atoms with Gasteiger partial charge in [0.05, 0.1) is 16.4 Å². The van der Waals surface area contributed by atoms with Gasteiger partial charge in [-0.1, -0.05) is 29.3 Å². The molecule has 0 aliphatic rings. The van der Waals surface area contributed by atoms with Crippen molar-refractivity contribution in [1.29, 1.82) is 0 Å². The number of amides is 1. The summed E-state index contributed by atoms with van der Waals surface area (Å²) in [6, 6.07) is 8.56. The van der Waals surface area contributed by atoms with Gasteiger partial charge in [-0.15, -0.1) is 0 Å². The molecule has 0 saturated heterocycles. The van der Waals surface area contributed by atoms with Gasteiger partial charge in [-0.05, 0) is 43.3 Å². The number of aryl methyl sites for hydroxylation is 1. The summed E-state index contributed by atoms with van der Waals surface area (Å²) in [7, 11) is 1.37. The number of carbonyl (C=O) groups is 1. The highest BCUT2D eigenvalue weighted by molar-refractivity contribution is 6.34. The van der Waals surface area contributed by atoms with Crippen molar-refractivity contribution in [3.8, 4) is 5.69 Å². The third kappa shape index (κ3) is 4.42. The van der Waals surface area contributed by atoms with Crippen LogP contribution < -0.4 is 10.6 Å². The second-order valence-corrected chi connectivity index (χ2v) is 7.29. The van der Waals surface area contributed by atoms with Gasteiger partial charge in [-0.25, -0.2) is 9.18 Å². The van der Waals surface area contributed by atoms with Crippen molar-refractivity contribution in [1.82, 2.24) is 9.55 Å². The molecule has 1 aromatic heterocycles. The van der Waals surface area contributed by atoms with E-state index < -0.39 is 29.3 Å². The van der Waals surface area contributed by atoms with Gasteiger partial charge in [0.15, 0.2) is 5.69 Å². The Hall–Kier alpha value is -2.91. The van der Waals surface area contributed by atoms with Gasteiger partial charge in [0.2, 0.25) is 0 Å². The first-order chi connectivity index (χ1) is 14.4. The molecule has 2 aromatic carbocycles. The fourth-order valence-electron chi connectivity index (χ4n) is 2.91. The maximum absolute atomic E-state index is 13.7. The van der Waals surface area contributed by atoms with Gasteiger partial charge in [0.1, 0.15) is 10.8 Å². The highest BCUT2D eigenvalue weighted by Gasteiger charge is 2.34. The summed E-state index contributed by atoms with van der Waals surface area (Å²) in [5.41, 5.74) is -2.52. The Bertz CT molecular complexity index is 1240. The third-order valence-corrected chi connectivity index (χ3v) is 5.12. The first-order valence-electron chi connectivity index (χ1n) is 8.61. The van der Waals surface area contributed by atoms with Crippen LogP contribution in [-0.2, 0) is 6.18 Å². The molecule has 0 unspecified atom stereocenters. The van der Waals surface area contributed by atoms with E-state index in [1.54, 1.807) is 0 Å². The van der Waals surface area contributed by atoms with Gasteiger partial charge in [-0.3, -0.25) is 9.36 Å². The lowest BCUT2D eigenvalue weighted by molar-refractivity contribution is -0.141. The average Bonchev–Trinajstić information content (AvgIpc) is 2.69. The fourth-order valence-corrected chi connectivity index (χ4v) is 3.36. The van der Waals surface area contributed by atoms with Crippen LogP contribution >= 0.6 is 23.2 Å². The first-order valence-corrected chi connectivity index (χ1v) is 9.37. The van der Waals surface area contributed by atoms with E-state index in [1.165, 1.54) is 44.3 Å². The summed E-state index contributed by atoms with van der Waals surface area (Å²) in [4.78, 5) is 29.4. The average molecular weight is 474 g/mol. The SMILES string of the molecule is Cc1cc(C(F)(F)F)nc(=O)n1-c1cc(C(=O)N(C)c2cccc(F)c2Cl)ccc1Cl. The Kier molecular flexibility index (Phi) is 6.11. The molecular formula is C20H13Cl2F4N3O2. The van der Waals surface area contributed by atoms with Crippen LogP contribution in [0.3, 0.4) is 0 Å². The van der Waals surface area contributed by atoms with Crippen LogP contribution in [0, 0.1) is 12.7 Å². The van der Waals surface area contributed by atoms with E-state index in [1.807, 2.05) is 0 Å². The van der Waals surface area contributed by atoms with Crippen LogP contribution in [0.4, 0.5) is 23.2 Å². The summed E-state index contributed by atoms with van der Waals surface area (Å²) in [5.74, 6) is -1.33. The van der Waals surface area contributed by atoms with E-state index in [-0.39, 0.29) is 32.7 Å². The van der Waals surface area contributed by atoms with Crippen molar-refractivity contribution in [3.05, 3.63) is 85.8 Å². The Morgan fingerprint density at radius 3 is 2.42 bits per heavy atom. The van der Waals surface area contributed by atoms with Crippen molar-refractivity contribution in [2.75, 3.05) is 11.9 Å². The molecular weight excluding hydrogens is 461 g/mol. The summed E-state index contributed by atoms with van der Waals surface area (Å²) in [6.45, 7) is 1.28. The second-order valence-electron chi connectivity index (χ2n) is 6.50. The molecule has 0 fully saturated rings. The largest absolute Gasteiger partial charge is 0.433 e. The van der Waals surface area contributed by atoms with E-state index in [0.717, 1.165) is 15.5 Å². The number of alkyl halides is 3. The number of anilines is 1. The topological polar surface area (TPSA) is 55.2 Å². The Morgan fingerprint density at radius 2 is 1.81 bits per heavy atom. The zero-order chi connectivity index (χ0) is 23.1. The molecule has 0 aliphatic carbocycles. The molecule has 3 rings (SSSR count). The molecule has 0 atom stereocenters. The maximum atomic E-state index is 13.7. The predicted octanol–water partition coefficient (Wildman–Crippen LogP) is 5.28. The Morgan fingerprint density at radius 1 is 1.13 bits per heavy atom. The van der Waals surface area contributed by atoms with E-state index in [2.05, 4.69) is 4.98 Å². The van der Waals surface area contributed by atoms with E-state index in [4.69, 9.17) is 23.2 Å². The number of aromatic nitrogens is 2. The van der Waals surface area contributed by atoms with Gasteiger partial charge < -0.3 is 4.90 Å². The molecule has 0 radical (unpaired) electrons. The van der Waals surface area contributed by atoms with Gasteiger partial charge in [-0.2, -0.15) is 18.2 Å². The summed E-state index contributed by atoms with van der Waals surface area (Å²) < 4.78 is 53.4. The zero-order valence-corrected chi connectivity index (χ0v) is 17.5. The molecule has 0 aliphatic heterocycles. The van der Waals surface area contributed by atoms with Crippen LogP contribution in [0.5, 0.6) is 0 Å². The predicted molar refractivity (Wildman–Crippen MR) is 109 cm³/mol. The van der Waals surface area contributed by atoms with E-state index in [0.29, 0.717) is 6.07 Å². The number of benzene rings is 2. The van der Waals surface area contributed by atoms with Crippen LogP contribution in [0.25, 0.3) is 5.69 Å². The second kappa shape index (κ2) is 8.32. The van der Waals surface area contributed by atoms with E-state index >= 15 is 0 Å². The Labute approximate surface area is 183 Å². The summed E-state index contributed by atoms with van der Waals surface area (Å²) >= 11 is 12.1. The third-order valence-electron chi connectivity index (χ3n) is 4.43. The molecule has 31 heavy (non-hydrogen) atoms. The molecule has 5 nitrogen and oxygen atoms in total. The molecule has 0 spiro atoms. The van der Waals surface area contributed by atoms with Crippen LogP contribution in [0.2, 0.25) is 10.0 Å². The van der Waals surface area contributed by atoms with Crippen LogP contribution in [0.15, 0.2) is 47.3 Å². The minimum Gasteiger partial charge on any atom is -0.310 e.